The van der Waals surface area contributed by atoms with E-state index in [1.807, 2.05) is 0 Å². The summed E-state index contributed by atoms with van der Waals surface area (Å²) < 4.78 is 2.39. The van der Waals surface area contributed by atoms with Gasteiger partial charge in [0, 0.05) is 40.9 Å². The number of allylic oxidation sites excluding steroid dienone is 2. The molecule has 1 aromatic carbocycles. The Hall–Kier alpha value is -1.71. The number of benzene rings is 1. The molecule has 1 fully saturated rings. The number of unbranched alkanes of at least 4 members (excludes halogenated alkanes) is 1. The maximum absolute atomic E-state index is 9.77. The Balaban J connectivity index is 1.55. The minimum atomic E-state index is -0.112. The number of aromatic nitrogens is 1. The maximum Gasteiger partial charge on any atom is 0.0541 e. The molecular formula is C23H29ClN2O. The number of aliphatic hydroxyl groups is 1. The molecule has 0 spiro atoms. The van der Waals surface area contributed by atoms with Crippen molar-refractivity contribution in [3.8, 4) is 0 Å². The van der Waals surface area contributed by atoms with Crippen LogP contribution >= 0.6 is 11.6 Å². The van der Waals surface area contributed by atoms with Gasteiger partial charge >= 0.3 is 0 Å². The molecular weight excluding hydrogens is 356 g/mol. The van der Waals surface area contributed by atoms with Crippen LogP contribution in [-0.4, -0.2) is 33.8 Å². The second kappa shape index (κ2) is 8.12. The van der Waals surface area contributed by atoms with Crippen molar-refractivity contribution < 1.29 is 5.11 Å². The molecule has 2 heterocycles. The van der Waals surface area contributed by atoms with Crippen LogP contribution in [0, 0.1) is 0 Å². The quantitative estimate of drug-likeness (QED) is 0.716. The third kappa shape index (κ3) is 3.95. The first-order chi connectivity index (χ1) is 13.2. The molecule has 1 saturated carbocycles. The van der Waals surface area contributed by atoms with Crippen LogP contribution in [-0.2, 0) is 0 Å². The highest BCUT2D eigenvalue weighted by molar-refractivity contribution is 6.33. The Morgan fingerprint density at radius 1 is 1.15 bits per heavy atom. The minimum absolute atomic E-state index is 0.112. The standard InChI is InChI=1S/C23H29ClN2O/c1-2-3-12-25-13-11-21(22(24)16-25)17-4-9-23-18(15-17)10-14-26(23)19-5-7-20(27)8-6-19/h4,9-11,13-15,19-20,27H,2-3,5-8,12,16H2,1H3. The summed E-state index contributed by atoms with van der Waals surface area (Å²) in [5.41, 5.74) is 3.61. The van der Waals surface area contributed by atoms with Crippen molar-refractivity contribution in [3.63, 3.8) is 0 Å². The van der Waals surface area contributed by atoms with E-state index in [1.54, 1.807) is 0 Å². The van der Waals surface area contributed by atoms with Crippen LogP contribution in [0.25, 0.3) is 16.5 Å². The smallest absolute Gasteiger partial charge is 0.0541 e. The fraction of sp³-hybridized carbons (Fsp3) is 0.478. The van der Waals surface area contributed by atoms with Crippen LogP contribution in [0.5, 0.6) is 0 Å². The highest BCUT2D eigenvalue weighted by Gasteiger charge is 2.22. The number of rotatable bonds is 5. The number of hydrogen-bond acceptors (Lipinski definition) is 2. The largest absolute Gasteiger partial charge is 0.393 e. The number of fused-ring (bicyclic) bond motifs is 1. The highest BCUT2D eigenvalue weighted by atomic mass is 35.5. The molecule has 1 aliphatic heterocycles. The molecule has 0 unspecified atom stereocenters. The molecule has 0 radical (unpaired) electrons. The normalized spacial score (nSPS) is 23.4. The van der Waals surface area contributed by atoms with Crippen molar-refractivity contribution in [1.29, 1.82) is 0 Å². The SMILES string of the molecule is CCCCN1C=CC(c2ccc3c(ccn3C3CCC(O)CC3)c2)=C(Cl)C1. The Morgan fingerprint density at radius 2 is 1.96 bits per heavy atom. The molecule has 144 valence electrons. The summed E-state index contributed by atoms with van der Waals surface area (Å²) >= 11 is 6.64. The molecule has 2 aliphatic rings. The van der Waals surface area contributed by atoms with E-state index >= 15 is 0 Å². The Morgan fingerprint density at radius 3 is 2.70 bits per heavy atom. The van der Waals surface area contributed by atoms with E-state index in [0.29, 0.717) is 6.04 Å². The molecule has 1 N–H and O–H groups in total. The first kappa shape index (κ1) is 18.6. The predicted octanol–water partition coefficient (Wildman–Crippen LogP) is 5.70. The lowest BCUT2D eigenvalue weighted by molar-refractivity contribution is 0.111. The number of aliphatic hydroxyl groups excluding tert-OH is 1. The third-order valence-corrected chi connectivity index (χ3v) is 6.30. The van der Waals surface area contributed by atoms with Crippen LogP contribution in [0.2, 0.25) is 0 Å². The zero-order valence-corrected chi connectivity index (χ0v) is 16.8. The lowest BCUT2D eigenvalue weighted by Gasteiger charge is -2.27. The Labute approximate surface area is 166 Å². The van der Waals surface area contributed by atoms with Gasteiger partial charge in [-0.2, -0.15) is 0 Å². The van der Waals surface area contributed by atoms with Crippen LogP contribution in [0.3, 0.4) is 0 Å². The van der Waals surface area contributed by atoms with E-state index in [9.17, 15) is 5.11 Å². The molecule has 4 heteroatoms. The van der Waals surface area contributed by atoms with E-state index in [0.717, 1.165) is 49.4 Å². The van der Waals surface area contributed by atoms with E-state index in [1.165, 1.54) is 29.3 Å². The number of halogens is 1. The van der Waals surface area contributed by atoms with Gasteiger partial charge in [-0.1, -0.05) is 31.0 Å². The fourth-order valence-corrected chi connectivity index (χ4v) is 4.67. The molecule has 0 amide bonds. The molecule has 27 heavy (non-hydrogen) atoms. The van der Waals surface area contributed by atoms with Crippen LogP contribution in [0.15, 0.2) is 47.8 Å². The Kier molecular flexibility index (Phi) is 5.60. The van der Waals surface area contributed by atoms with Crippen molar-refractivity contribution >= 4 is 28.1 Å². The first-order valence-corrected chi connectivity index (χ1v) is 10.6. The van der Waals surface area contributed by atoms with Crippen molar-refractivity contribution in [2.24, 2.45) is 0 Å². The van der Waals surface area contributed by atoms with E-state index in [4.69, 9.17) is 11.6 Å². The molecule has 1 aromatic heterocycles. The van der Waals surface area contributed by atoms with Crippen molar-refractivity contribution in [2.75, 3.05) is 13.1 Å². The maximum atomic E-state index is 9.77. The van der Waals surface area contributed by atoms with Crippen molar-refractivity contribution in [3.05, 3.63) is 53.3 Å². The third-order valence-electron chi connectivity index (χ3n) is 5.98. The van der Waals surface area contributed by atoms with E-state index < -0.39 is 0 Å². The molecule has 2 aromatic rings. The zero-order chi connectivity index (χ0) is 18.8. The lowest BCUT2D eigenvalue weighted by Crippen LogP contribution is -2.22. The molecule has 1 aliphatic carbocycles. The second-order valence-corrected chi connectivity index (χ2v) is 8.37. The van der Waals surface area contributed by atoms with Gasteiger partial charge in [0.05, 0.1) is 12.6 Å². The summed E-state index contributed by atoms with van der Waals surface area (Å²) in [5, 5.41) is 12.0. The highest BCUT2D eigenvalue weighted by Crippen LogP contribution is 2.34. The van der Waals surface area contributed by atoms with Gasteiger partial charge in [-0.15, -0.1) is 0 Å². The predicted molar refractivity (Wildman–Crippen MR) is 114 cm³/mol. The van der Waals surface area contributed by atoms with Gasteiger partial charge in [-0.25, -0.2) is 0 Å². The first-order valence-electron chi connectivity index (χ1n) is 10.3. The summed E-state index contributed by atoms with van der Waals surface area (Å²) in [6.45, 7) is 4.08. The summed E-state index contributed by atoms with van der Waals surface area (Å²) in [5.74, 6) is 0. The monoisotopic (exact) mass is 384 g/mol. The van der Waals surface area contributed by atoms with Gasteiger partial charge in [0.15, 0.2) is 0 Å². The summed E-state index contributed by atoms with van der Waals surface area (Å²) in [6.07, 6.45) is 12.7. The molecule has 0 bridgehead atoms. The van der Waals surface area contributed by atoms with E-state index in [-0.39, 0.29) is 6.10 Å². The zero-order valence-electron chi connectivity index (χ0n) is 16.1. The molecule has 0 atom stereocenters. The van der Waals surface area contributed by atoms with Crippen LogP contribution < -0.4 is 0 Å². The number of nitrogens with zero attached hydrogens (tertiary/aromatic N) is 2. The fourth-order valence-electron chi connectivity index (χ4n) is 4.34. The van der Waals surface area contributed by atoms with Gasteiger partial charge in [0.25, 0.3) is 0 Å². The number of hydrogen-bond donors (Lipinski definition) is 1. The summed E-state index contributed by atoms with van der Waals surface area (Å²) in [6, 6.07) is 9.39. The Bertz CT molecular complexity index is 858. The van der Waals surface area contributed by atoms with Crippen molar-refractivity contribution in [1.82, 2.24) is 9.47 Å². The van der Waals surface area contributed by atoms with E-state index in [2.05, 4.69) is 59.1 Å². The molecule has 4 rings (SSSR count). The van der Waals surface area contributed by atoms with Gasteiger partial charge < -0.3 is 14.6 Å². The van der Waals surface area contributed by atoms with Crippen LogP contribution in [0.4, 0.5) is 0 Å². The topological polar surface area (TPSA) is 28.4 Å². The van der Waals surface area contributed by atoms with Gasteiger partial charge in [-0.05, 0) is 67.5 Å². The lowest BCUT2D eigenvalue weighted by atomic mass is 9.93. The van der Waals surface area contributed by atoms with Crippen LogP contribution in [0.1, 0.15) is 57.1 Å². The van der Waals surface area contributed by atoms with Gasteiger partial charge in [0.2, 0.25) is 0 Å². The average molecular weight is 385 g/mol. The minimum Gasteiger partial charge on any atom is -0.393 e. The second-order valence-electron chi connectivity index (χ2n) is 7.92. The summed E-state index contributed by atoms with van der Waals surface area (Å²) in [4.78, 5) is 2.29. The van der Waals surface area contributed by atoms with Gasteiger partial charge in [-0.3, -0.25) is 0 Å². The molecule has 0 saturated heterocycles. The van der Waals surface area contributed by atoms with Crippen molar-refractivity contribution in [2.45, 2.75) is 57.6 Å². The summed E-state index contributed by atoms with van der Waals surface area (Å²) in [7, 11) is 0. The van der Waals surface area contributed by atoms with Gasteiger partial charge in [0.1, 0.15) is 0 Å². The molecule has 3 nitrogen and oxygen atoms in total. The average Bonchev–Trinajstić information content (AvgIpc) is 3.10.